The van der Waals surface area contributed by atoms with Crippen LogP contribution in [-0.2, 0) is 0 Å². The number of terminal acetylenes is 1. The van der Waals surface area contributed by atoms with Gasteiger partial charge in [0.05, 0.1) is 11.1 Å². The van der Waals surface area contributed by atoms with Gasteiger partial charge in [0, 0.05) is 16.4 Å². The summed E-state index contributed by atoms with van der Waals surface area (Å²) in [6, 6.07) is 7.27. The van der Waals surface area contributed by atoms with E-state index in [1.165, 1.54) is 0 Å². The Kier molecular flexibility index (Phi) is 3.03. The van der Waals surface area contributed by atoms with Gasteiger partial charge in [0.1, 0.15) is 5.82 Å². The van der Waals surface area contributed by atoms with Crippen LogP contribution < -0.4 is 5.73 Å². The second-order valence-corrected chi connectivity index (χ2v) is 5.52. The van der Waals surface area contributed by atoms with Crippen LogP contribution in [0.25, 0.3) is 10.9 Å². The van der Waals surface area contributed by atoms with Gasteiger partial charge < -0.3 is 5.73 Å². The van der Waals surface area contributed by atoms with Crippen LogP contribution >= 0.6 is 0 Å². The van der Waals surface area contributed by atoms with Gasteiger partial charge in [-0.2, -0.15) is 0 Å². The molecular formula is C16H16N2O. The van der Waals surface area contributed by atoms with Gasteiger partial charge in [-0.05, 0) is 12.1 Å². The van der Waals surface area contributed by atoms with Crippen molar-refractivity contribution in [1.29, 1.82) is 0 Å². The Labute approximate surface area is 112 Å². The van der Waals surface area contributed by atoms with Gasteiger partial charge in [-0.25, -0.2) is 4.98 Å². The van der Waals surface area contributed by atoms with Crippen LogP contribution in [0.5, 0.6) is 0 Å². The predicted octanol–water partition coefficient (Wildman–Crippen LogP) is 3.03. The zero-order valence-electron chi connectivity index (χ0n) is 11.3. The molecule has 0 aliphatic carbocycles. The molecule has 0 bridgehead atoms. The molecule has 2 N–H and O–H groups in total. The molecule has 0 radical (unpaired) electrons. The predicted molar refractivity (Wildman–Crippen MR) is 77.9 cm³/mol. The molecule has 2 aromatic rings. The van der Waals surface area contributed by atoms with Gasteiger partial charge in [-0.15, -0.1) is 6.42 Å². The third-order valence-electron chi connectivity index (χ3n) is 2.96. The third-order valence-corrected chi connectivity index (χ3v) is 2.96. The summed E-state index contributed by atoms with van der Waals surface area (Å²) in [6.45, 7) is 5.65. The fourth-order valence-corrected chi connectivity index (χ4v) is 1.92. The number of nitrogens with two attached hydrogens (primary N) is 1. The zero-order valence-corrected chi connectivity index (χ0v) is 11.3. The minimum atomic E-state index is -0.463. The summed E-state index contributed by atoms with van der Waals surface area (Å²) in [5.41, 5.74) is 7.09. The molecule has 1 aromatic carbocycles. The largest absolute Gasteiger partial charge is 0.383 e. The van der Waals surface area contributed by atoms with E-state index in [2.05, 4.69) is 10.9 Å². The van der Waals surface area contributed by atoms with E-state index in [0.717, 1.165) is 5.39 Å². The highest BCUT2D eigenvalue weighted by atomic mass is 16.1. The minimum Gasteiger partial charge on any atom is -0.383 e. The van der Waals surface area contributed by atoms with E-state index >= 15 is 0 Å². The number of hydrogen-bond acceptors (Lipinski definition) is 3. The van der Waals surface area contributed by atoms with Crippen LogP contribution in [0.15, 0.2) is 24.3 Å². The Bertz CT molecular complexity index is 703. The number of rotatable bonds is 1. The summed E-state index contributed by atoms with van der Waals surface area (Å²) in [7, 11) is 0. The number of anilines is 1. The van der Waals surface area contributed by atoms with E-state index in [9.17, 15) is 4.79 Å². The number of pyridine rings is 1. The standard InChI is InChI=1S/C16H16N2O/c1-5-10-9-11-7-6-8-12(13(11)18-15(10)17)14(19)16(2,3)4/h1,6-9H,2-4H3,(H2,17,18). The van der Waals surface area contributed by atoms with E-state index in [0.29, 0.717) is 16.6 Å². The maximum absolute atomic E-state index is 12.4. The first-order valence-corrected chi connectivity index (χ1v) is 6.05. The van der Waals surface area contributed by atoms with Crippen LogP contribution in [0.1, 0.15) is 36.7 Å². The summed E-state index contributed by atoms with van der Waals surface area (Å²) < 4.78 is 0. The lowest BCUT2D eigenvalue weighted by Crippen LogP contribution is -2.20. The van der Waals surface area contributed by atoms with E-state index in [4.69, 9.17) is 12.2 Å². The van der Waals surface area contributed by atoms with E-state index in [-0.39, 0.29) is 11.6 Å². The Morgan fingerprint density at radius 2 is 2.05 bits per heavy atom. The Balaban J connectivity index is 2.75. The second-order valence-electron chi connectivity index (χ2n) is 5.52. The van der Waals surface area contributed by atoms with E-state index in [1.807, 2.05) is 32.9 Å². The molecule has 0 aliphatic rings. The van der Waals surface area contributed by atoms with Crippen molar-refractivity contribution in [2.45, 2.75) is 20.8 Å². The van der Waals surface area contributed by atoms with Crippen molar-refractivity contribution in [3.8, 4) is 12.3 Å². The average molecular weight is 252 g/mol. The molecule has 1 heterocycles. The Morgan fingerprint density at radius 1 is 1.37 bits per heavy atom. The zero-order chi connectivity index (χ0) is 14.2. The number of Topliss-reactive ketones (excluding diaryl/α,β-unsaturated/α-hetero) is 1. The number of ketones is 1. The first-order chi connectivity index (χ1) is 8.84. The molecule has 0 amide bonds. The highest BCUT2D eigenvalue weighted by Gasteiger charge is 2.25. The summed E-state index contributed by atoms with van der Waals surface area (Å²) in [5.74, 6) is 2.82. The molecule has 3 heteroatoms. The topological polar surface area (TPSA) is 56.0 Å². The molecular weight excluding hydrogens is 236 g/mol. The average Bonchev–Trinajstić information content (AvgIpc) is 2.35. The van der Waals surface area contributed by atoms with Crippen LogP contribution in [0.3, 0.4) is 0 Å². The molecule has 0 unspecified atom stereocenters. The molecule has 19 heavy (non-hydrogen) atoms. The van der Waals surface area contributed by atoms with Gasteiger partial charge in [-0.3, -0.25) is 4.79 Å². The number of para-hydroxylation sites is 1. The SMILES string of the molecule is C#Cc1cc2cccc(C(=O)C(C)(C)C)c2nc1N. The highest BCUT2D eigenvalue weighted by Crippen LogP contribution is 2.27. The van der Waals surface area contributed by atoms with Gasteiger partial charge in [-0.1, -0.05) is 38.8 Å². The van der Waals surface area contributed by atoms with Gasteiger partial charge in [0.2, 0.25) is 0 Å². The second kappa shape index (κ2) is 4.40. The fourth-order valence-electron chi connectivity index (χ4n) is 1.92. The first-order valence-electron chi connectivity index (χ1n) is 6.05. The van der Waals surface area contributed by atoms with Gasteiger partial charge in [0.25, 0.3) is 0 Å². The van der Waals surface area contributed by atoms with Crippen molar-refractivity contribution in [1.82, 2.24) is 4.98 Å². The van der Waals surface area contributed by atoms with Crippen molar-refractivity contribution >= 4 is 22.5 Å². The molecule has 0 atom stereocenters. The number of hydrogen-bond donors (Lipinski definition) is 1. The van der Waals surface area contributed by atoms with Gasteiger partial charge in [0.15, 0.2) is 5.78 Å². The van der Waals surface area contributed by atoms with Crippen molar-refractivity contribution in [3.63, 3.8) is 0 Å². The normalized spacial score (nSPS) is 11.3. The molecule has 1 aromatic heterocycles. The number of nitrogen functional groups attached to an aromatic ring is 1. The molecule has 0 fully saturated rings. The third kappa shape index (κ3) is 2.30. The molecule has 3 nitrogen and oxygen atoms in total. The lowest BCUT2D eigenvalue weighted by Gasteiger charge is -2.17. The molecule has 2 rings (SSSR count). The van der Waals surface area contributed by atoms with Crippen LogP contribution in [0, 0.1) is 17.8 Å². The summed E-state index contributed by atoms with van der Waals surface area (Å²) in [6.07, 6.45) is 5.37. The number of fused-ring (bicyclic) bond motifs is 1. The van der Waals surface area contributed by atoms with Gasteiger partial charge >= 0.3 is 0 Å². The monoisotopic (exact) mass is 252 g/mol. The number of carbonyl (C=O) groups is 1. The number of carbonyl (C=O) groups excluding carboxylic acids is 1. The first kappa shape index (κ1) is 13.1. The van der Waals surface area contributed by atoms with E-state index in [1.54, 1.807) is 12.1 Å². The summed E-state index contributed by atoms with van der Waals surface area (Å²) >= 11 is 0. The molecule has 96 valence electrons. The summed E-state index contributed by atoms with van der Waals surface area (Å²) in [4.78, 5) is 16.7. The van der Waals surface area contributed by atoms with Crippen LogP contribution in [-0.4, -0.2) is 10.8 Å². The molecule has 0 saturated carbocycles. The lowest BCUT2D eigenvalue weighted by atomic mass is 9.85. The lowest BCUT2D eigenvalue weighted by molar-refractivity contribution is 0.0860. The number of aromatic nitrogens is 1. The fraction of sp³-hybridized carbons (Fsp3) is 0.250. The maximum Gasteiger partial charge on any atom is 0.170 e. The van der Waals surface area contributed by atoms with Crippen LogP contribution in [0.2, 0.25) is 0 Å². The van der Waals surface area contributed by atoms with Crippen molar-refractivity contribution in [2.24, 2.45) is 5.41 Å². The molecule has 0 saturated heterocycles. The number of benzene rings is 1. The number of nitrogens with zero attached hydrogens (tertiary/aromatic N) is 1. The quantitative estimate of drug-likeness (QED) is 0.627. The van der Waals surface area contributed by atoms with Crippen molar-refractivity contribution < 1.29 is 4.79 Å². The van der Waals surface area contributed by atoms with Crippen molar-refractivity contribution in [2.75, 3.05) is 5.73 Å². The highest BCUT2D eigenvalue weighted by molar-refractivity contribution is 6.09. The molecule has 0 aliphatic heterocycles. The van der Waals surface area contributed by atoms with Crippen LogP contribution in [0.4, 0.5) is 5.82 Å². The molecule has 0 spiro atoms. The Morgan fingerprint density at radius 3 is 2.63 bits per heavy atom. The Hall–Kier alpha value is -2.34. The van der Waals surface area contributed by atoms with Crippen molar-refractivity contribution in [3.05, 3.63) is 35.4 Å². The smallest absolute Gasteiger partial charge is 0.170 e. The van der Waals surface area contributed by atoms with E-state index < -0.39 is 5.41 Å². The maximum atomic E-state index is 12.4. The summed E-state index contributed by atoms with van der Waals surface area (Å²) in [5, 5.41) is 0.831. The minimum absolute atomic E-state index is 0.0402.